The number of carbonyl (C=O) groups excluding carboxylic acids is 1. The molecule has 0 aromatic carbocycles. The second-order valence-corrected chi connectivity index (χ2v) is 4.43. The van der Waals surface area contributed by atoms with Crippen LogP contribution in [-0.4, -0.2) is 35.1 Å². The van der Waals surface area contributed by atoms with Gasteiger partial charge in [-0.1, -0.05) is 0 Å². The summed E-state index contributed by atoms with van der Waals surface area (Å²) < 4.78 is 5.72. The summed E-state index contributed by atoms with van der Waals surface area (Å²) in [4.78, 5) is 13.5. The number of amides is 1. The molecule has 1 atom stereocenters. The van der Waals surface area contributed by atoms with Gasteiger partial charge in [-0.3, -0.25) is 4.79 Å². The Morgan fingerprint density at radius 1 is 1.60 bits per heavy atom. The van der Waals surface area contributed by atoms with Crippen LogP contribution in [0.3, 0.4) is 0 Å². The molecule has 82 valence electrons. The molecule has 1 N–H and O–H groups in total. The molecule has 2 rings (SSSR count). The molecule has 0 bridgehead atoms. The van der Waals surface area contributed by atoms with Gasteiger partial charge in [-0.05, 0) is 40.9 Å². The van der Waals surface area contributed by atoms with E-state index in [1.165, 1.54) is 0 Å². The van der Waals surface area contributed by atoms with Crippen LogP contribution in [0.25, 0.3) is 0 Å². The van der Waals surface area contributed by atoms with Gasteiger partial charge in [0.25, 0.3) is 5.91 Å². The van der Waals surface area contributed by atoms with E-state index in [0.29, 0.717) is 23.5 Å². The Bertz CT molecular complexity index is 363. The lowest BCUT2D eigenvalue weighted by molar-refractivity contribution is 0.0447. The number of hydrogen-bond donors (Lipinski definition) is 1. The van der Waals surface area contributed by atoms with Crippen molar-refractivity contribution in [2.45, 2.75) is 18.9 Å². The number of carbonyl (C=O) groups is 1. The summed E-state index contributed by atoms with van der Waals surface area (Å²) >= 11 is 3.15. The molecule has 5 heteroatoms. The maximum absolute atomic E-state index is 11.9. The second-order valence-electron chi connectivity index (χ2n) is 3.65. The Balaban J connectivity index is 2.07. The zero-order valence-corrected chi connectivity index (χ0v) is 9.74. The third-order valence-electron chi connectivity index (χ3n) is 2.47. The van der Waals surface area contributed by atoms with Crippen LogP contribution in [0.15, 0.2) is 21.2 Å². The van der Waals surface area contributed by atoms with Gasteiger partial charge in [0.1, 0.15) is 0 Å². The van der Waals surface area contributed by atoms with Crippen molar-refractivity contribution in [1.82, 2.24) is 4.90 Å². The third kappa shape index (κ3) is 2.41. The van der Waals surface area contributed by atoms with Crippen molar-refractivity contribution < 1.29 is 14.3 Å². The lowest BCUT2D eigenvalue weighted by atomic mass is 10.1. The number of rotatable bonds is 1. The number of likely N-dealkylation sites (tertiary alicyclic amines) is 1. The minimum absolute atomic E-state index is 0.153. The number of aliphatic hydroxyl groups excluding tert-OH is 1. The Hall–Kier alpha value is -0.810. The summed E-state index contributed by atoms with van der Waals surface area (Å²) in [5.74, 6) is 0.162. The van der Waals surface area contributed by atoms with E-state index in [2.05, 4.69) is 15.9 Å². The van der Waals surface area contributed by atoms with E-state index in [4.69, 9.17) is 4.42 Å². The van der Waals surface area contributed by atoms with E-state index in [-0.39, 0.29) is 5.91 Å². The van der Waals surface area contributed by atoms with Crippen LogP contribution in [0.4, 0.5) is 0 Å². The van der Waals surface area contributed by atoms with Crippen molar-refractivity contribution in [2.24, 2.45) is 0 Å². The summed E-state index contributed by atoms with van der Waals surface area (Å²) in [7, 11) is 0. The zero-order chi connectivity index (χ0) is 10.8. The van der Waals surface area contributed by atoms with Crippen LogP contribution in [0, 0.1) is 0 Å². The monoisotopic (exact) mass is 273 g/mol. The fraction of sp³-hybridized carbons (Fsp3) is 0.500. The molecule has 1 aliphatic heterocycles. The molecule has 15 heavy (non-hydrogen) atoms. The SMILES string of the molecule is O=C(c1ccc(Br)o1)N1CCCC(O)C1. The summed E-state index contributed by atoms with van der Waals surface area (Å²) in [6.45, 7) is 1.09. The highest BCUT2D eigenvalue weighted by Crippen LogP contribution is 2.18. The van der Waals surface area contributed by atoms with Gasteiger partial charge in [-0.2, -0.15) is 0 Å². The first kappa shape index (κ1) is 10.7. The normalized spacial score (nSPS) is 21.7. The predicted molar refractivity (Wildman–Crippen MR) is 57.6 cm³/mol. The molecule has 1 aromatic heterocycles. The third-order valence-corrected chi connectivity index (χ3v) is 2.89. The fourth-order valence-electron chi connectivity index (χ4n) is 1.72. The molecule has 0 spiro atoms. The number of aliphatic hydroxyl groups is 1. The van der Waals surface area contributed by atoms with Gasteiger partial charge in [0.05, 0.1) is 6.10 Å². The van der Waals surface area contributed by atoms with Crippen LogP contribution >= 0.6 is 15.9 Å². The summed E-state index contributed by atoms with van der Waals surface area (Å²) in [6.07, 6.45) is 1.21. The minimum atomic E-state index is -0.402. The van der Waals surface area contributed by atoms with Crippen molar-refractivity contribution in [3.05, 3.63) is 22.6 Å². The Morgan fingerprint density at radius 3 is 3.00 bits per heavy atom. The molecule has 1 unspecified atom stereocenters. The predicted octanol–water partition coefficient (Wildman–Crippen LogP) is 1.64. The van der Waals surface area contributed by atoms with E-state index in [0.717, 1.165) is 12.8 Å². The molecular formula is C10H12BrNO3. The molecule has 1 fully saturated rings. The topological polar surface area (TPSA) is 53.7 Å². The first-order valence-corrected chi connectivity index (χ1v) is 5.69. The van der Waals surface area contributed by atoms with Gasteiger partial charge in [0, 0.05) is 13.1 Å². The van der Waals surface area contributed by atoms with Crippen molar-refractivity contribution in [2.75, 3.05) is 13.1 Å². The van der Waals surface area contributed by atoms with Crippen LogP contribution in [0.2, 0.25) is 0 Å². The number of furan rings is 1. The lowest BCUT2D eigenvalue weighted by Gasteiger charge is -2.29. The van der Waals surface area contributed by atoms with Gasteiger partial charge in [-0.15, -0.1) is 0 Å². The fourth-order valence-corrected chi connectivity index (χ4v) is 2.03. The molecular weight excluding hydrogens is 262 g/mol. The Morgan fingerprint density at radius 2 is 2.40 bits per heavy atom. The van der Waals surface area contributed by atoms with E-state index in [9.17, 15) is 9.90 Å². The van der Waals surface area contributed by atoms with Gasteiger partial charge < -0.3 is 14.4 Å². The van der Waals surface area contributed by atoms with Crippen LogP contribution in [-0.2, 0) is 0 Å². The number of β-amino-alcohol motifs (C(OH)–C–C–N with tert-alkyl or cyclic N) is 1. The quantitative estimate of drug-likeness (QED) is 0.847. The van der Waals surface area contributed by atoms with Crippen molar-refractivity contribution >= 4 is 21.8 Å². The largest absolute Gasteiger partial charge is 0.444 e. The van der Waals surface area contributed by atoms with E-state index in [1.54, 1.807) is 17.0 Å². The maximum atomic E-state index is 11.9. The molecule has 1 saturated heterocycles. The molecule has 1 aliphatic rings. The highest BCUT2D eigenvalue weighted by Gasteiger charge is 2.24. The number of nitrogens with zero attached hydrogens (tertiary/aromatic N) is 1. The van der Waals surface area contributed by atoms with E-state index in [1.807, 2.05) is 0 Å². The average Bonchev–Trinajstić information content (AvgIpc) is 2.64. The molecule has 4 nitrogen and oxygen atoms in total. The second kappa shape index (κ2) is 4.37. The molecule has 0 radical (unpaired) electrons. The van der Waals surface area contributed by atoms with Crippen molar-refractivity contribution in [3.8, 4) is 0 Å². The maximum Gasteiger partial charge on any atom is 0.289 e. The molecule has 1 aromatic rings. The van der Waals surface area contributed by atoms with Gasteiger partial charge >= 0.3 is 0 Å². The van der Waals surface area contributed by atoms with Crippen LogP contribution < -0.4 is 0 Å². The molecule has 1 amide bonds. The average molecular weight is 274 g/mol. The number of hydrogen-bond acceptors (Lipinski definition) is 3. The Labute approximate surface area is 96.0 Å². The summed E-state index contributed by atoms with van der Waals surface area (Å²) in [5.41, 5.74) is 0. The molecule has 2 heterocycles. The first-order valence-electron chi connectivity index (χ1n) is 4.89. The molecule has 0 saturated carbocycles. The van der Waals surface area contributed by atoms with Gasteiger partial charge in [0.15, 0.2) is 10.4 Å². The van der Waals surface area contributed by atoms with Gasteiger partial charge in [0.2, 0.25) is 0 Å². The van der Waals surface area contributed by atoms with Crippen molar-refractivity contribution in [1.29, 1.82) is 0 Å². The Kier molecular flexibility index (Phi) is 3.11. The van der Waals surface area contributed by atoms with E-state index >= 15 is 0 Å². The smallest absolute Gasteiger partial charge is 0.289 e. The lowest BCUT2D eigenvalue weighted by Crippen LogP contribution is -2.42. The number of halogens is 1. The van der Waals surface area contributed by atoms with E-state index < -0.39 is 6.10 Å². The van der Waals surface area contributed by atoms with Crippen molar-refractivity contribution in [3.63, 3.8) is 0 Å². The highest BCUT2D eigenvalue weighted by molar-refractivity contribution is 9.10. The molecule has 0 aliphatic carbocycles. The zero-order valence-electron chi connectivity index (χ0n) is 8.15. The standard InChI is InChI=1S/C10H12BrNO3/c11-9-4-3-8(15-9)10(14)12-5-1-2-7(13)6-12/h3-4,7,13H,1-2,5-6H2. The van der Waals surface area contributed by atoms with Crippen LogP contribution in [0.5, 0.6) is 0 Å². The minimum Gasteiger partial charge on any atom is -0.444 e. The van der Waals surface area contributed by atoms with Gasteiger partial charge in [-0.25, -0.2) is 0 Å². The summed E-state index contributed by atoms with van der Waals surface area (Å²) in [5, 5.41) is 9.45. The highest BCUT2D eigenvalue weighted by atomic mass is 79.9. The summed E-state index contributed by atoms with van der Waals surface area (Å²) in [6, 6.07) is 3.32. The van der Waals surface area contributed by atoms with Crippen LogP contribution in [0.1, 0.15) is 23.4 Å². The first-order chi connectivity index (χ1) is 7.16. The number of piperidine rings is 1.